The van der Waals surface area contributed by atoms with Crippen LogP contribution < -0.4 is 4.90 Å². The summed E-state index contributed by atoms with van der Waals surface area (Å²) in [6.45, 7) is 0.885. The van der Waals surface area contributed by atoms with Crippen molar-refractivity contribution in [1.82, 2.24) is 9.88 Å². The van der Waals surface area contributed by atoms with Gasteiger partial charge in [0.2, 0.25) is 0 Å². The molecule has 0 fully saturated rings. The molecule has 0 atom stereocenters. The average molecular weight is 482 g/mol. The third-order valence-electron chi connectivity index (χ3n) is 4.55. The van der Waals surface area contributed by atoms with E-state index in [1.807, 2.05) is 19.0 Å². The standard InChI is InChI=1S/C20H23N3O5S3/c1-22(2)12-13-23(19(24)14-8-10-15(11-9-14)30(3,25)26)20-21-18-16(29-20)6-5-7-17(18)31(4,27)28/h5-11H,12-13H2,1-4H3. The minimum Gasteiger partial charge on any atom is -0.308 e. The highest BCUT2D eigenvalue weighted by atomic mass is 32.2. The van der Waals surface area contributed by atoms with E-state index in [2.05, 4.69) is 4.98 Å². The molecule has 0 saturated heterocycles. The quantitative estimate of drug-likeness (QED) is 0.510. The van der Waals surface area contributed by atoms with Gasteiger partial charge in [-0.15, -0.1) is 0 Å². The summed E-state index contributed by atoms with van der Waals surface area (Å²) in [4.78, 5) is 21.4. The number of para-hydroxylation sites is 1. The fourth-order valence-corrected chi connectivity index (χ4v) is 5.46. The lowest BCUT2D eigenvalue weighted by atomic mass is 10.2. The van der Waals surface area contributed by atoms with E-state index < -0.39 is 19.7 Å². The van der Waals surface area contributed by atoms with Crippen LogP contribution in [0.15, 0.2) is 52.3 Å². The molecule has 31 heavy (non-hydrogen) atoms. The highest BCUT2D eigenvalue weighted by Gasteiger charge is 2.24. The topological polar surface area (TPSA) is 105 Å². The molecule has 3 rings (SSSR count). The summed E-state index contributed by atoms with van der Waals surface area (Å²) in [6, 6.07) is 10.6. The van der Waals surface area contributed by atoms with Gasteiger partial charge in [0, 0.05) is 31.2 Å². The first-order chi connectivity index (χ1) is 14.4. The van der Waals surface area contributed by atoms with E-state index in [9.17, 15) is 21.6 Å². The summed E-state index contributed by atoms with van der Waals surface area (Å²) < 4.78 is 48.3. The number of hydrogen-bond acceptors (Lipinski definition) is 8. The molecule has 0 aliphatic rings. The smallest absolute Gasteiger partial charge is 0.260 e. The molecule has 0 bridgehead atoms. The Bertz CT molecular complexity index is 1330. The zero-order valence-corrected chi connectivity index (χ0v) is 20.0. The summed E-state index contributed by atoms with van der Waals surface area (Å²) in [5.74, 6) is -0.345. The number of rotatable bonds is 7. The van der Waals surface area contributed by atoms with Crippen LogP contribution in [-0.2, 0) is 19.7 Å². The van der Waals surface area contributed by atoms with Crippen molar-refractivity contribution in [2.24, 2.45) is 0 Å². The Hall–Kier alpha value is -2.34. The van der Waals surface area contributed by atoms with Crippen molar-refractivity contribution >= 4 is 52.3 Å². The first-order valence-electron chi connectivity index (χ1n) is 9.24. The van der Waals surface area contributed by atoms with E-state index in [1.165, 1.54) is 46.6 Å². The number of thiazole rings is 1. The zero-order valence-electron chi connectivity index (χ0n) is 17.6. The predicted molar refractivity (Wildman–Crippen MR) is 123 cm³/mol. The summed E-state index contributed by atoms with van der Waals surface area (Å²) in [5, 5.41) is 0.380. The largest absolute Gasteiger partial charge is 0.308 e. The van der Waals surface area contributed by atoms with Gasteiger partial charge < -0.3 is 4.90 Å². The molecular formula is C20H23N3O5S3. The lowest BCUT2D eigenvalue weighted by Gasteiger charge is -2.22. The molecule has 0 saturated carbocycles. The molecule has 2 aromatic carbocycles. The van der Waals surface area contributed by atoms with Crippen molar-refractivity contribution in [2.75, 3.05) is 44.6 Å². The Balaban J connectivity index is 2.06. The molecule has 0 radical (unpaired) electrons. The van der Waals surface area contributed by atoms with Crippen molar-refractivity contribution in [2.45, 2.75) is 9.79 Å². The fraction of sp³-hybridized carbons (Fsp3) is 0.300. The third-order valence-corrected chi connectivity index (χ3v) is 7.85. The minimum absolute atomic E-state index is 0.116. The van der Waals surface area contributed by atoms with Crippen LogP contribution in [0.25, 0.3) is 10.2 Å². The number of fused-ring (bicyclic) bond motifs is 1. The molecule has 166 valence electrons. The molecule has 1 heterocycles. The molecule has 8 nitrogen and oxygen atoms in total. The van der Waals surface area contributed by atoms with Gasteiger partial charge in [-0.1, -0.05) is 17.4 Å². The molecule has 0 spiro atoms. The van der Waals surface area contributed by atoms with E-state index in [1.54, 1.807) is 12.1 Å². The molecule has 1 aromatic heterocycles. The Morgan fingerprint density at radius 1 is 0.935 bits per heavy atom. The van der Waals surface area contributed by atoms with Gasteiger partial charge in [0.05, 0.1) is 14.5 Å². The average Bonchev–Trinajstić information content (AvgIpc) is 3.10. The summed E-state index contributed by atoms with van der Waals surface area (Å²) in [5.41, 5.74) is 0.647. The van der Waals surface area contributed by atoms with E-state index in [0.29, 0.717) is 34.0 Å². The van der Waals surface area contributed by atoms with Crippen molar-refractivity contribution in [3.8, 4) is 0 Å². The van der Waals surface area contributed by atoms with Gasteiger partial charge in [-0.2, -0.15) is 0 Å². The molecule has 0 aliphatic heterocycles. The monoisotopic (exact) mass is 481 g/mol. The van der Waals surface area contributed by atoms with E-state index in [-0.39, 0.29) is 15.7 Å². The first kappa shape index (κ1) is 23.3. The van der Waals surface area contributed by atoms with Gasteiger partial charge in [-0.25, -0.2) is 21.8 Å². The first-order valence-corrected chi connectivity index (χ1v) is 13.8. The van der Waals surface area contributed by atoms with Crippen molar-refractivity contribution in [1.29, 1.82) is 0 Å². The second-order valence-corrected chi connectivity index (χ2v) is 12.4. The van der Waals surface area contributed by atoms with Crippen LogP contribution in [0.1, 0.15) is 10.4 Å². The van der Waals surface area contributed by atoms with Gasteiger partial charge in [-0.05, 0) is 50.5 Å². The minimum atomic E-state index is -3.48. The highest BCUT2D eigenvalue weighted by Crippen LogP contribution is 2.33. The Labute approximate surface area is 186 Å². The second-order valence-electron chi connectivity index (χ2n) is 7.43. The fourth-order valence-electron chi connectivity index (χ4n) is 2.91. The Morgan fingerprint density at radius 3 is 2.13 bits per heavy atom. The Morgan fingerprint density at radius 2 is 1.58 bits per heavy atom. The SMILES string of the molecule is CN(C)CCN(C(=O)c1ccc(S(C)(=O)=O)cc1)c1nc2c(S(C)(=O)=O)cccc2s1. The maximum atomic E-state index is 13.3. The van der Waals surface area contributed by atoms with Gasteiger partial charge in [0.1, 0.15) is 5.52 Å². The molecule has 0 aliphatic carbocycles. The molecule has 0 unspecified atom stereocenters. The second kappa shape index (κ2) is 8.65. The van der Waals surface area contributed by atoms with E-state index >= 15 is 0 Å². The summed E-state index contributed by atoms with van der Waals surface area (Å²) in [7, 11) is -3.10. The van der Waals surface area contributed by atoms with Gasteiger partial charge in [0.15, 0.2) is 24.8 Å². The van der Waals surface area contributed by atoms with Gasteiger partial charge in [-0.3, -0.25) is 9.69 Å². The number of benzene rings is 2. The van der Waals surface area contributed by atoms with Crippen LogP contribution in [0.5, 0.6) is 0 Å². The molecule has 3 aromatic rings. The maximum Gasteiger partial charge on any atom is 0.260 e. The molecule has 1 amide bonds. The number of anilines is 1. The number of hydrogen-bond donors (Lipinski definition) is 0. The van der Waals surface area contributed by atoms with Crippen LogP contribution in [-0.4, -0.2) is 72.3 Å². The van der Waals surface area contributed by atoms with E-state index in [0.717, 1.165) is 12.5 Å². The normalized spacial score (nSPS) is 12.4. The third kappa shape index (κ3) is 5.29. The Kier molecular flexibility index (Phi) is 6.51. The van der Waals surface area contributed by atoms with Crippen molar-refractivity contribution in [3.63, 3.8) is 0 Å². The summed E-state index contributed by atoms with van der Waals surface area (Å²) >= 11 is 1.23. The molecule has 11 heteroatoms. The van der Waals surface area contributed by atoms with Gasteiger partial charge >= 0.3 is 0 Å². The number of amides is 1. The van der Waals surface area contributed by atoms with Crippen LogP contribution >= 0.6 is 11.3 Å². The number of nitrogens with zero attached hydrogens (tertiary/aromatic N) is 3. The van der Waals surface area contributed by atoms with E-state index in [4.69, 9.17) is 0 Å². The molecular weight excluding hydrogens is 458 g/mol. The highest BCUT2D eigenvalue weighted by molar-refractivity contribution is 7.91. The number of carbonyl (C=O) groups is 1. The lowest BCUT2D eigenvalue weighted by Crippen LogP contribution is -2.36. The number of carbonyl (C=O) groups excluding carboxylic acids is 1. The van der Waals surface area contributed by atoms with Gasteiger partial charge in [0.25, 0.3) is 5.91 Å². The zero-order chi connectivity index (χ0) is 23.0. The number of likely N-dealkylation sites (N-methyl/N-ethyl adjacent to an activating group) is 1. The molecule has 0 N–H and O–H groups in total. The van der Waals surface area contributed by atoms with Crippen molar-refractivity contribution < 1.29 is 21.6 Å². The number of aromatic nitrogens is 1. The van der Waals surface area contributed by atoms with Crippen LogP contribution in [0.2, 0.25) is 0 Å². The predicted octanol–water partition coefficient (Wildman–Crippen LogP) is 2.31. The van der Waals surface area contributed by atoms with Crippen LogP contribution in [0.3, 0.4) is 0 Å². The van der Waals surface area contributed by atoms with Crippen LogP contribution in [0, 0.1) is 0 Å². The maximum absolute atomic E-state index is 13.3. The lowest BCUT2D eigenvalue weighted by molar-refractivity contribution is 0.0985. The number of sulfone groups is 2. The van der Waals surface area contributed by atoms with Crippen molar-refractivity contribution in [3.05, 3.63) is 48.0 Å². The summed E-state index contributed by atoms with van der Waals surface area (Å²) in [6.07, 6.45) is 2.23. The van der Waals surface area contributed by atoms with Crippen LogP contribution in [0.4, 0.5) is 5.13 Å².